The summed E-state index contributed by atoms with van der Waals surface area (Å²) in [5, 5.41) is 7.02. The molecule has 1 N–H and O–H groups in total. The number of halogens is 2. The Kier molecular flexibility index (Phi) is 3.68. The van der Waals surface area contributed by atoms with Crippen molar-refractivity contribution < 1.29 is 13.7 Å². The molecule has 1 aromatic heterocycles. The monoisotopic (exact) mass is 308 g/mol. The Balaban J connectivity index is 1.76. The third kappa shape index (κ3) is 2.93. The summed E-state index contributed by atoms with van der Waals surface area (Å²) >= 11 is 6.00. The molecule has 0 aliphatic heterocycles. The van der Waals surface area contributed by atoms with Crippen LogP contribution in [0.4, 0.5) is 4.39 Å². The molecule has 1 saturated carbocycles. The molecular weight excluding hydrogens is 295 g/mol. The SMILES string of the molecule is C[C@H](NC(=O)c1conc1C1CC1)c1ccc(F)cc1Cl. The van der Waals surface area contributed by atoms with Crippen molar-refractivity contribution in [3.8, 4) is 0 Å². The van der Waals surface area contributed by atoms with E-state index in [0.717, 1.165) is 12.8 Å². The van der Waals surface area contributed by atoms with Gasteiger partial charge in [0.25, 0.3) is 5.91 Å². The highest BCUT2D eigenvalue weighted by Crippen LogP contribution is 2.40. The Morgan fingerprint density at radius 2 is 2.29 bits per heavy atom. The highest BCUT2D eigenvalue weighted by atomic mass is 35.5. The molecule has 6 heteroatoms. The van der Waals surface area contributed by atoms with E-state index in [2.05, 4.69) is 10.5 Å². The standard InChI is InChI=1S/C15H14ClFN2O2/c1-8(11-5-4-10(17)6-13(11)16)18-15(20)12-7-21-19-14(12)9-2-3-9/h4-9H,2-3H2,1H3,(H,18,20)/t8-/m0/s1. The van der Waals surface area contributed by atoms with E-state index in [4.69, 9.17) is 16.1 Å². The molecule has 110 valence electrons. The van der Waals surface area contributed by atoms with Crippen molar-refractivity contribution in [1.29, 1.82) is 0 Å². The lowest BCUT2D eigenvalue weighted by Gasteiger charge is -2.15. The molecule has 1 aliphatic carbocycles. The van der Waals surface area contributed by atoms with Gasteiger partial charge in [-0.1, -0.05) is 22.8 Å². The van der Waals surface area contributed by atoms with Gasteiger partial charge in [0.1, 0.15) is 17.6 Å². The predicted octanol–water partition coefficient (Wildman–Crippen LogP) is 3.84. The van der Waals surface area contributed by atoms with E-state index in [0.29, 0.717) is 22.7 Å². The normalized spacial score (nSPS) is 15.8. The number of rotatable bonds is 4. The minimum atomic E-state index is -0.405. The molecule has 2 aromatic rings. The number of carbonyl (C=O) groups excluding carboxylic acids is 1. The van der Waals surface area contributed by atoms with Crippen LogP contribution in [0.2, 0.25) is 5.02 Å². The molecule has 1 aliphatic rings. The molecule has 1 amide bonds. The van der Waals surface area contributed by atoms with Crippen LogP contribution in [0.25, 0.3) is 0 Å². The van der Waals surface area contributed by atoms with Crippen molar-refractivity contribution >= 4 is 17.5 Å². The number of hydrogen-bond acceptors (Lipinski definition) is 3. The van der Waals surface area contributed by atoms with Crippen LogP contribution in [0, 0.1) is 5.82 Å². The van der Waals surface area contributed by atoms with Crippen LogP contribution in [0.5, 0.6) is 0 Å². The largest absolute Gasteiger partial charge is 0.364 e. The van der Waals surface area contributed by atoms with Gasteiger partial charge in [-0.05, 0) is 37.5 Å². The fraction of sp³-hybridized carbons (Fsp3) is 0.333. The number of aromatic nitrogens is 1. The zero-order valence-electron chi connectivity index (χ0n) is 11.4. The topological polar surface area (TPSA) is 55.1 Å². The number of carbonyl (C=O) groups is 1. The van der Waals surface area contributed by atoms with E-state index in [1.165, 1.54) is 18.4 Å². The van der Waals surface area contributed by atoms with Crippen molar-refractivity contribution in [2.45, 2.75) is 31.7 Å². The second-order valence-corrected chi connectivity index (χ2v) is 5.66. The first-order chi connectivity index (χ1) is 10.1. The highest BCUT2D eigenvalue weighted by Gasteiger charge is 2.32. The van der Waals surface area contributed by atoms with Crippen LogP contribution in [0.15, 0.2) is 29.0 Å². The minimum Gasteiger partial charge on any atom is -0.364 e. The zero-order valence-corrected chi connectivity index (χ0v) is 12.2. The molecule has 21 heavy (non-hydrogen) atoms. The fourth-order valence-corrected chi connectivity index (χ4v) is 2.60. The van der Waals surface area contributed by atoms with Crippen LogP contribution in [-0.2, 0) is 0 Å². The second-order valence-electron chi connectivity index (χ2n) is 5.25. The number of hydrogen-bond donors (Lipinski definition) is 1. The molecule has 0 spiro atoms. The summed E-state index contributed by atoms with van der Waals surface area (Å²) in [6, 6.07) is 3.78. The molecule has 1 heterocycles. The van der Waals surface area contributed by atoms with Crippen LogP contribution >= 0.6 is 11.6 Å². The van der Waals surface area contributed by atoms with Gasteiger partial charge in [-0.2, -0.15) is 0 Å². The lowest BCUT2D eigenvalue weighted by molar-refractivity contribution is 0.0938. The van der Waals surface area contributed by atoms with Gasteiger partial charge in [0.15, 0.2) is 0 Å². The van der Waals surface area contributed by atoms with Gasteiger partial charge >= 0.3 is 0 Å². The molecule has 0 bridgehead atoms. The fourth-order valence-electron chi connectivity index (χ4n) is 2.27. The zero-order chi connectivity index (χ0) is 15.0. The lowest BCUT2D eigenvalue weighted by atomic mass is 10.1. The molecule has 0 unspecified atom stereocenters. The number of nitrogens with one attached hydrogen (secondary N) is 1. The van der Waals surface area contributed by atoms with E-state index in [-0.39, 0.29) is 17.0 Å². The quantitative estimate of drug-likeness (QED) is 0.933. The second kappa shape index (κ2) is 5.48. The van der Waals surface area contributed by atoms with Crippen LogP contribution in [0.1, 0.15) is 53.3 Å². The van der Waals surface area contributed by atoms with Gasteiger partial charge < -0.3 is 9.84 Å². The van der Waals surface area contributed by atoms with E-state index < -0.39 is 5.82 Å². The minimum absolute atomic E-state index is 0.258. The third-order valence-electron chi connectivity index (χ3n) is 3.58. The van der Waals surface area contributed by atoms with E-state index in [9.17, 15) is 9.18 Å². The predicted molar refractivity (Wildman–Crippen MR) is 75.8 cm³/mol. The Morgan fingerprint density at radius 1 is 1.52 bits per heavy atom. The maximum absolute atomic E-state index is 13.1. The van der Waals surface area contributed by atoms with Crippen molar-refractivity contribution in [3.05, 3.63) is 52.1 Å². The molecule has 4 nitrogen and oxygen atoms in total. The molecule has 1 fully saturated rings. The Morgan fingerprint density at radius 3 is 2.95 bits per heavy atom. The third-order valence-corrected chi connectivity index (χ3v) is 3.91. The average Bonchev–Trinajstić information content (AvgIpc) is 3.15. The highest BCUT2D eigenvalue weighted by molar-refractivity contribution is 6.31. The smallest absolute Gasteiger partial charge is 0.257 e. The van der Waals surface area contributed by atoms with Crippen LogP contribution < -0.4 is 5.32 Å². The van der Waals surface area contributed by atoms with Crippen molar-refractivity contribution in [2.75, 3.05) is 0 Å². The summed E-state index contributed by atoms with van der Waals surface area (Å²) in [4.78, 5) is 12.3. The maximum atomic E-state index is 13.1. The van der Waals surface area contributed by atoms with Gasteiger partial charge in [0.05, 0.1) is 11.7 Å². The first-order valence-electron chi connectivity index (χ1n) is 6.76. The van der Waals surface area contributed by atoms with Gasteiger partial charge in [0, 0.05) is 10.9 Å². The molecule has 1 aromatic carbocycles. The first kappa shape index (κ1) is 14.1. The maximum Gasteiger partial charge on any atom is 0.257 e. The van der Waals surface area contributed by atoms with E-state index in [1.54, 1.807) is 13.0 Å². The lowest BCUT2D eigenvalue weighted by Crippen LogP contribution is -2.27. The summed E-state index contributed by atoms with van der Waals surface area (Å²) in [6.07, 6.45) is 3.43. The van der Waals surface area contributed by atoms with Gasteiger partial charge in [-0.3, -0.25) is 4.79 Å². The Labute approximate surface area is 126 Å². The van der Waals surface area contributed by atoms with Gasteiger partial charge in [-0.25, -0.2) is 4.39 Å². The summed E-state index contributed by atoms with van der Waals surface area (Å²) in [5.74, 6) is -0.336. The number of nitrogens with zero attached hydrogens (tertiary/aromatic N) is 1. The van der Waals surface area contributed by atoms with E-state index >= 15 is 0 Å². The van der Waals surface area contributed by atoms with Crippen LogP contribution in [0.3, 0.4) is 0 Å². The molecule has 0 saturated heterocycles. The van der Waals surface area contributed by atoms with Crippen molar-refractivity contribution in [1.82, 2.24) is 10.5 Å². The van der Waals surface area contributed by atoms with E-state index in [1.807, 2.05) is 0 Å². The summed E-state index contributed by atoms with van der Waals surface area (Å²) in [7, 11) is 0. The number of benzene rings is 1. The molecular formula is C15H14ClFN2O2. The Hall–Kier alpha value is -1.88. The van der Waals surface area contributed by atoms with Crippen molar-refractivity contribution in [3.63, 3.8) is 0 Å². The number of amides is 1. The van der Waals surface area contributed by atoms with Crippen LogP contribution in [-0.4, -0.2) is 11.1 Å². The van der Waals surface area contributed by atoms with Gasteiger partial charge in [0.2, 0.25) is 0 Å². The first-order valence-corrected chi connectivity index (χ1v) is 7.14. The summed E-state index contributed by atoms with van der Waals surface area (Å²) in [6.45, 7) is 1.79. The Bertz CT molecular complexity index is 682. The van der Waals surface area contributed by atoms with Gasteiger partial charge in [-0.15, -0.1) is 0 Å². The molecule has 3 rings (SSSR count). The average molecular weight is 309 g/mol. The molecule has 1 atom stereocenters. The van der Waals surface area contributed by atoms with Crippen molar-refractivity contribution in [2.24, 2.45) is 0 Å². The summed E-state index contributed by atoms with van der Waals surface area (Å²) < 4.78 is 18.0. The summed E-state index contributed by atoms with van der Waals surface area (Å²) in [5.41, 5.74) is 1.84. The molecule has 0 radical (unpaired) electrons.